The van der Waals surface area contributed by atoms with E-state index in [0.717, 1.165) is 27.9 Å². The van der Waals surface area contributed by atoms with Crippen molar-refractivity contribution in [1.29, 1.82) is 0 Å². The molecule has 20 heavy (non-hydrogen) atoms. The summed E-state index contributed by atoms with van der Waals surface area (Å²) in [5.41, 5.74) is 1.88. The number of hydrogen-bond donors (Lipinski definition) is 1. The van der Waals surface area contributed by atoms with Crippen molar-refractivity contribution in [2.75, 3.05) is 12.4 Å². The summed E-state index contributed by atoms with van der Waals surface area (Å²) in [6.07, 6.45) is 0.863. The monoisotopic (exact) mass is 337 g/mol. The number of halogens is 2. The minimum absolute atomic E-state index is 0.0663. The Morgan fingerprint density at radius 1 is 1.25 bits per heavy atom. The molecule has 0 radical (unpaired) electrons. The molecule has 0 amide bonds. The zero-order chi connectivity index (χ0) is 14.5. The minimum Gasteiger partial charge on any atom is -0.495 e. The predicted molar refractivity (Wildman–Crippen MR) is 83.7 cm³/mol. The van der Waals surface area contributed by atoms with Gasteiger partial charge < -0.3 is 10.1 Å². The van der Waals surface area contributed by atoms with Crippen molar-refractivity contribution in [2.24, 2.45) is 0 Å². The standard InChI is InChI=1S/C16H17BrFNO/c1-3-15(11-5-4-6-12(18)9-11)19-13-7-8-14(17)16(10-13)20-2/h4-10,15,19H,3H2,1-2H3. The molecule has 0 saturated heterocycles. The molecule has 1 atom stereocenters. The van der Waals surface area contributed by atoms with Crippen LogP contribution in [0.4, 0.5) is 10.1 Å². The van der Waals surface area contributed by atoms with Crippen molar-refractivity contribution in [3.8, 4) is 5.75 Å². The van der Waals surface area contributed by atoms with Gasteiger partial charge in [-0.05, 0) is 52.2 Å². The Kier molecular flexibility index (Phi) is 5.01. The van der Waals surface area contributed by atoms with Crippen LogP contribution in [0.25, 0.3) is 0 Å². The molecule has 1 unspecified atom stereocenters. The van der Waals surface area contributed by atoms with Crippen LogP contribution in [0.1, 0.15) is 24.9 Å². The lowest BCUT2D eigenvalue weighted by Crippen LogP contribution is -2.10. The Morgan fingerprint density at radius 3 is 2.70 bits per heavy atom. The second-order valence-electron chi connectivity index (χ2n) is 4.51. The topological polar surface area (TPSA) is 21.3 Å². The average molecular weight is 338 g/mol. The van der Waals surface area contributed by atoms with Crippen molar-refractivity contribution >= 4 is 21.6 Å². The predicted octanol–water partition coefficient (Wildman–Crippen LogP) is 5.16. The van der Waals surface area contributed by atoms with E-state index in [1.54, 1.807) is 19.2 Å². The lowest BCUT2D eigenvalue weighted by Gasteiger charge is -2.19. The summed E-state index contributed by atoms with van der Waals surface area (Å²) in [4.78, 5) is 0. The van der Waals surface area contributed by atoms with Gasteiger partial charge in [-0.25, -0.2) is 4.39 Å². The highest BCUT2D eigenvalue weighted by Crippen LogP contribution is 2.30. The maximum Gasteiger partial charge on any atom is 0.135 e. The molecule has 1 N–H and O–H groups in total. The molecule has 4 heteroatoms. The summed E-state index contributed by atoms with van der Waals surface area (Å²) in [5.74, 6) is 0.556. The van der Waals surface area contributed by atoms with Gasteiger partial charge in [0.15, 0.2) is 0 Å². The Labute approximate surface area is 127 Å². The molecule has 0 bridgehead atoms. The SMILES string of the molecule is CCC(Nc1ccc(Br)c(OC)c1)c1cccc(F)c1. The van der Waals surface area contributed by atoms with Gasteiger partial charge in [-0.15, -0.1) is 0 Å². The number of hydrogen-bond acceptors (Lipinski definition) is 2. The van der Waals surface area contributed by atoms with Gasteiger partial charge in [0.1, 0.15) is 11.6 Å². The summed E-state index contributed by atoms with van der Waals surface area (Å²) < 4.78 is 19.5. The van der Waals surface area contributed by atoms with Crippen molar-refractivity contribution in [2.45, 2.75) is 19.4 Å². The quantitative estimate of drug-likeness (QED) is 0.813. The van der Waals surface area contributed by atoms with Crippen LogP contribution < -0.4 is 10.1 Å². The summed E-state index contributed by atoms with van der Waals surface area (Å²) in [5, 5.41) is 3.41. The number of anilines is 1. The fraction of sp³-hybridized carbons (Fsp3) is 0.250. The lowest BCUT2D eigenvalue weighted by atomic mass is 10.0. The van der Waals surface area contributed by atoms with Crippen molar-refractivity contribution in [3.63, 3.8) is 0 Å². The number of nitrogens with one attached hydrogen (secondary N) is 1. The third kappa shape index (κ3) is 3.51. The van der Waals surface area contributed by atoms with E-state index in [1.807, 2.05) is 24.3 Å². The molecule has 0 aliphatic rings. The fourth-order valence-electron chi connectivity index (χ4n) is 2.10. The van der Waals surface area contributed by atoms with Gasteiger partial charge in [0.2, 0.25) is 0 Å². The van der Waals surface area contributed by atoms with E-state index in [9.17, 15) is 4.39 Å². The molecule has 0 heterocycles. The summed E-state index contributed by atoms with van der Waals surface area (Å²) in [6, 6.07) is 12.6. The van der Waals surface area contributed by atoms with E-state index in [0.29, 0.717) is 0 Å². The molecule has 2 aromatic carbocycles. The Morgan fingerprint density at radius 2 is 2.05 bits per heavy atom. The van der Waals surface area contributed by atoms with Crippen LogP contribution in [0.15, 0.2) is 46.9 Å². The zero-order valence-electron chi connectivity index (χ0n) is 11.5. The molecule has 0 spiro atoms. The first-order chi connectivity index (χ1) is 9.63. The van der Waals surface area contributed by atoms with Crippen LogP contribution in [-0.2, 0) is 0 Å². The van der Waals surface area contributed by atoms with Gasteiger partial charge in [-0.3, -0.25) is 0 Å². The van der Waals surface area contributed by atoms with E-state index < -0.39 is 0 Å². The van der Waals surface area contributed by atoms with Crippen LogP contribution in [0, 0.1) is 5.82 Å². The molecule has 2 rings (SSSR count). The number of methoxy groups -OCH3 is 1. The van der Waals surface area contributed by atoms with Gasteiger partial charge in [-0.1, -0.05) is 19.1 Å². The smallest absolute Gasteiger partial charge is 0.135 e. The van der Waals surface area contributed by atoms with Gasteiger partial charge in [0.05, 0.1) is 17.6 Å². The van der Waals surface area contributed by atoms with Crippen LogP contribution in [0.5, 0.6) is 5.75 Å². The fourth-order valence-corrected chi connectivity index (χ4v) is 2.50. The van der Waals surface area contributed by atoms with Crippen LogP contribution >= 0.6 is 15.9 Å². The highest BCUT2D eigenvalue weighted by atomic mass is 79.9. The maximum absolute atomic E-state index is 13.3. The number of ether oxygens (including phenoxy) is 1. The van der Waals surface area contributed by atoms with Crippen LogP contribution in [0.2, 0.25) is 0 Å². The summed E-state index contributed by atoms with van der Waals surface area (Å²) in [6.45, 7) is 2.07. The minimum atomic E-state index is -0.212. The molecule has 0 aliphatic heterocycles. The lowest BCUT2D eigenvalue weighted by molar-refractivity contribution is 0.412. The molecule has 2 nitrogen and oxygen atoms in total. The van der Waals surface area contributed by atoms with Crippen molar-refractivity contribution in [3.05, 3.63) is 58.3 Å². The molecule has 0 aliphatic carbocycles. The van der Waals surface area contributed by atoms with E-state index >= 15 is 0 Å². The van der Waals surface area contributed by atoms with Crippen molar-refractivity contribution < 1.29 is 9.13 Å². The van der Waals surface area contributed by atoms with Gasteiger partial charge in [-0.2, -0.15) is 0 Å². The van der Waals surface area contributed by atoms with E-state index in [-0.39, 0.29) is 11.9 Å². The molecular formula is C16H17BrFNO. The Balaban J connectivity index is 2.22. The van der Waals surface area contributed by atoms with E-state index in [4.69, 9.17) is 4.74 Å². The molecule has 106 valence electrons. The average Bonchev–Trinajstić information content (AvgIpc) is 2.46. The van der Waals surface area contributed by atoms with Crippen LogP contribution in [0.3, 0.4) is 0 Å². The number of benzene rings is 2. The Bertz CT molecular complexity index is 588. The highest BCUT2D eigenvalue weighted by molar-refractivity contribution is 9.10. The Hall–Kier alpha value is -1.55. The highest BCUT2D eigenvalue weighted by Gasteiger charge is 2.11. The normalized spacial score (nSPS) is 12.0. The summed E-state index contributed by atoms with van der Waals surface area (Å²) in [7, 11) is 1.63. The first kappa shape index (κ1) is 14.9. The zero-order valence-corrected chi connectivity index (χ0v) is 13.1. The van der Waals surface area contributed by atoms with Gasteiger partial charge >= 0.3 is 0 Å². The molecule has 0 fully saturated rings. The van der Waals surface area contributed by atoms with E-state index in [2.05, 4.69) is 28.2 Å². The molecule has 0 saturated carbocycles. The van der Waals surface area contributed by atoms with Crippen LogP contribution in [-0.4, -0.2) is 7.11 Å². The van der Waals surface area contributed by atoms with E-state index in [1.165, 1.54) is 6.07 Å². The second-order valence-corrected chi connectivity index (χ2v) is 5.36. The molecular weight excluding hydrogens is 321 g/mol. The molecule has 0 aromatic heterocycles. The third-order valence-electron chi connectivity index (χ3n) is 3.15. The summed E-state index contributed by atoms with van der Waals surface area (Å²) >= 11 is 3.43. The molecule has 2 aromatic rings. The van der Waals surface area contributed by atoms with Gasteiger partial charge in [0.25, 0.3) is 0 Å². The number of rotatable bonds is 5. The largest absolute Gasteiger partial charge is 0.495 e. The first-order valence-electron chi connectivity index (χ1n) is 6.49. The second kappa shape index (κ2) is 6.75. The first-order valence-corrected chi connectivity index (χ1v) is 7.29. The van der Waals surface area contributed by atoms with Gasteiger partial charge in [0, 0.05) is 11.8 Å². The third-order valence-corrected chi connectivity index (χ3v) is 3.81. The maximum atomic E-state index is 13.3. The van der Waals surface area contributed by atoms with Crippen molar-refractivity contribution in [1.82, 2.24) is 0 Å².